The summed E-state index contributed by atoms with van der Waals surface area (Å²) in [5.74, 6) is 5.04. The Morgan fingerprint density at radius 3 is 2.42 bits per heavy atom. The molecule has 0 saturated heterocycles. The maximum absolute atomic E-state index is 2.72. The van der Waals surface area contributed by atoms with Crippen molar-refractivity contribution in [3.8, 4) is 0 Å². The Morgan fingerprint density at radius 2 is 1.71 bits per heavy atom. The first-order valence-corrected chi connectivity index (χ1v) is 11.1. The molecular formula is C23H41N. The topological polar surface area (TPSA) is 3.24 Å². The molecular weight excluding hydrogens is 290 g/mol. The monoisotopic (exact) mass is 331 g/mol. The average molecular weight is 332 g/mol. The Morgan fingerprint density at radius 1 is 0.917 bits per heavy atom. The molecule has 2 unspecified atom stereocenters. The normalized spacial score (nSPS) is 54.2. The summed E-state index contributed by atoms with van der Waals surface area (Å²) in [6, 6.07) is 0.844. The van der Waals surface area contributed by atoms with Crippen LogP contribution in [-0.4, -0.2) is 25.0 Å². The van der Waals surface area contributed by atoms with Gasteiger partial charge in [-0.1, -0.05) is 40.0 Å². The zero-order valence-electron chi connectivity index (χ0n) is 17.0. The van der Waals surface area contributed by atoms with Gasteiger partial charge in [-0.2, -0.15) is 0 Å². The highest BCUT2D eigenvalue weighted by Gasteiger charge is 2.62. The van der Waals surface area contributed by atoms with Crippen molar-refractivity contribution in [1.82, 2.24) is 4.90 Å². The van der Waals surface area contributed by atoms with Gasteiger partial charge in [0.2, 0.25) is 0 Å². The Balaban J connectivity index is 1.68. The minimum Gasteiger partial charge on any atom is -0.306 e. The molecule has 0 heterocycles. The van der Waals surface area contributed by atoms with Gasteiger partial charge < -0.3 is 4.90 Å². The van der Waals surface area contributed by atoms with Crippen molar-refractivity contribution in [3.63, 3.8) is 0 Å². The van der Waals surface area contributed by atoms with Crippen LogP contribution in [0, 0.1) is 40.4 Å². The van der Waals surface area contributed by atoms with Gasteiger partial charge in [0, 0.05) is 6.04 Å². The molecule has 4 fully saturated rings. The van der Waals surface area contributed by atoms with Crippen LogP contribution in [0.1, 0.15) is 85.0 Å². The molecule has 4 aliphatic rings. The lowest BCUT2D eigenvalue weighted by Gasteiger charge is -2.61. The van der Waals surface area contributed by atoms with Crippen LogP contribution in [-0.2, 0) is 0 Å². The van der Waals surface area contributed by atoms with E-state index in [1.54, 1.807) is 19.3 Å². The molecule has 0 aromatic heterocycles. The van der Waals surface area contributed by atoms with Gasteiger partial charge in [-0.05, 0) is 99.5 Å². The van der Waals surface area contributed by atoms with E-state index in [1.165, 1.54) is 44.9 Å². The van der Waals surface area contributed by atoms with E-state index in [0.29, 0.717) is 10.8 Å². The standard InChI is InChI=1S/C23H41N/c1-6-16-15-20(24(4)5)21-18-11-10-17-9-7-8-13-22(17,2)19(18)12-14-23(16,21)3/h16-21H,6-15H2,1-5H3/t16-,17?,18+,19-,20?,21+,22-,23+/m0/s1. The Hall–Kier alpha value is -0.0400. The molecule has 0 amide bonds. The van der Waals surface area contributed by atoms with Gasteiger partial charge in [0.05, 0.1) is 0 Å². The number of nitrogens with zero attached hydrogens (tertiary/aromatic N) is 1. The van der Waals surface area contributed by atoms with Gasteiger partial charge in [0.15, 0.2) is 0 Å². The molecule has 0 radical (unpaired) electrons. The van der Waals surface area contributed by atoms with Crippen LogP contribution in [0.2, 0.25) is 0 Å². The van der Waals surface area contributed by atoms with E-state index in [0.717, 1.165) is 35.6 Å². The van der Waals surface area contributed by atoms with E-state index in [1.807, 2.05) is 0 Å². The minimum absolute atomic E-state index is 0.628. The molecule has 24 heavy (non-hydrogen) atoms. The fraction of sp³-hybridized carbons (Fsp3) is 1.00. The summed E-state index contributed by atoms with van der Waals surface area (Å²) in [5.41, 5.74) is 1.31. The van der Waals surface area contributed by atoms with Gasteiger partial charge in [-0.25, -0.2) is 0 Å². The molecule has 138 valence electrons. The van der Waals surface area contributed by atoms with E-state index >= 15 is 0 Å². The molecule has 4 saturated carbocycles. The summed E-state index contributed by atoms with van der Waals surface area (Å²) in [6.45, 7) is 7.87. The van der Waals surface area contributed by atoms with Gasteiger partial charge in [-0.15, -0.1) is 0 Å². The van der Waals surface area contributed by atoms with Crippen LogP contribution in [0.5, 0.6) is 0 Å². The average Bonchev–Trinajstić information content (AvgIpc) is 2.87. The lowest BCUT2D eigenvalue weighted by molar-refractivity contribution is -0.120. The van der Waals surface area contributed by atoms with Gasteiger partial charge in [0.25, 0.3) is 0 Å². The van der Waals surface area contributed by atoms with Crippen molar-refractivity contribution in [2.45, 2.75) is 91.0 Å². The highest BCUT2D eigenvalue weighted by molar-refractivity contribution is 5.12. The van der Waals surface area contributed by atoms with Crippen molar-refractivity contribution >= 4 is 0 Å². The third-order valence-electron chi connectivity index (χ3n) is 9.91. The zero-order chi connectivity index (χ0) is 17.1. The van der Waals surface area contributed by atoms with Crippen LogP contribution in [0.3, 0.4) is 0 Å². The summed E-state index contributed by atoms with van der Waals surface area (Å²) in [7, 11) is 4.72. The summed E-state index contributed by atoms with van der Waals surface area (Å²) in [5, 5.41) is 0. The molecule has 0 spiro atoms. The Labute approximate surface area is 151 Å². The summed E-state index contributed by atoms with van der Waals surface area (Å²) in [4.78, 5) is 2.61. The molecule has 0 aromatic rings. The third kappa shape index (κ3) is 2.29. The molecule has 0 aliphatic heterocycles. The third-order valence-corrected chi connectivity index (χ3v) is 9.91. The molecule has 0 aromatic carbocycles. The van der Waals surface area contributed by atoms with Crippen molar-refractivity contribution in [2.75, 3.05) is 14.1 Å². The van der Waals surface area contributed by atoms with Crippen LogP contribution in [0.4, 0.5) is 0 Å². The molecule has 0 N–H and O–H groups in total. The fourth-order valence-corrected chi connectivity index (χ4v) is 8.65. The van der Waals surface area contributed by atoms with Crippen LogP contribution >= 0.6 is 0 Å². The van der Waals surface area contributed by atoms with E-state index in [2.05, 4.69) is 39.8 Å². The van der Waals surface area contributed by atoms with Gasteiger partial charge in [-0.3, -0.25) is 0 Å². The van der Waals surface area contributed by atoms with Gasteiger partial charge >= 0.3 is 0 Å². The highest BCUT2D eigenvalue weighted by atomic mass is 15.1. The largest absolute Gasteiger partial charge is 0.306 e. The van der Waals surface area contributed by atoms with E-state index in [4.69, 9.17) is 0 Å². The second-order valence-corrected chi connectivity index (χ2v) is 10.7. The van der Waals surface area contributed by atoms with Crippen molar-refractivity contribution in [3.05, 3.63) is 0 Å². The van der Waals surface area contributed by atoms with E-state index in [9.17, 15) is 0 Å². The van der Waals surface area contributed by atoms with Crippen LogP contribution < -0.4 is 0 Å². The minimum atomic E-state index is 0.628. The second-order valence-electron chi connectivity index (χ2n) is 10.7. The predicted molar refractivity (Wildman–Crippen MR) is 103 cm³/mol. The van der Waals surface area contributed by atoms with Crippen LogP contribution in [0.25, 0.3) is 0 Å². The summed E-state index contributed by atoms with van der Waals surface area (Å²) < 4.78 is 0. The Bertz CT molecular complexity index is 471. The number of hydrogen-bond acceptors (Lipinski definition) is 1. The zero-order valence-corrected chi connectivity index (χ0v) is 17.0. The van der Waals surface area contributed by atoms with E-state index in [-0.39, 0.29) is 0 Å². The lowest BCUT2D eigenvalue weighted by Crippen LogP contribution is -2.55. The first kappa shape index (κ1) is 17.4. The van der Waals surface area contributed by atoms with Crippen molar-refractivity contribution < 1.29 is 0 Å². The van der Waals surface area contributed by atoms with Crippen LogP contribution in [0.15, 0.2) is 0 Å². The number of fused-ring (bicyclic) bond motifs is 5. The number of hydrogen-bond donors (Lipinski definition) is 0. The second kappa shape index (κ2) is 6.00. The first-order chi connectivity index (χ1) is 11.4. The summed E-state index contributed by atoms with van der Waals surface area (Å²) >= 11 is 0. The van der Waals surface area contributed by atoms with E-state index < -0.39 is 0 Å². The molecule has 0 bridgehead atoms. The molecule has 1 heteroatoms. The molecule has 4 aliphatic carbocycles. The maximum Gasteiger partial charge on any atom is 0.0128 e. The SMILES string of the molecule is CC[C@H]1CC(N(C)C)[C@H]2[C@@H]3CCC4CCCC[C@]4(C)[C@H]3CC[C@]12C. The fourth-order valence-electron chi connectivity index (χ4n) is 8.65. The summed E-state index contributed by atoms with van der Waals surface area (Å²) in [6.07, 6.45) is 15.1. The molecule has 4 rings (SSSR count). The quantitative estimate of drug-likeness (QED) is 0.601. The number of rotatable bonds is 2. The maximum atomic E-state index is 2.72. The smallest absolute Gasteiger partial charge is 0.0128 e. The van der Waals surface area contributed by atoms with Crippen molar-refractivity contribution in [2.24, 2.45) is 40.4 Å². The molecule has 1 nitrogen and oxygen atoms in total. The predicted octanol–water partition coefficient (Wildman–Crippen LogP) is 5.99. The lowest BCUT2D eigenvalue weighted by atomic mass is 9.44. The highest BCUT2D eigenvalue weighted by Crippen LogP contribution is 2.68. The van der Waals surface area contributed by atoms with Crippen molar-refractivity contribution in [1.29, 1.82) is 0 Å². The first-order valence-electron chi connectivity index (χ1n) is 11.1. The van der Waals surface area contributed by atoms with Gasteiger partial charge in [0.1, 0.15) is 0 Å². The Kier molecular flexibility index (Phi) is 4.34. The molecule has 8 atom stereocenters.